The lowest BCUT2D eigenvalue weighted by molar-refractivity contribution is 0.146. The lowest BCUT2D eigenvalue weighted by Gasteiger charge is -2.34. The second-order valence-corrected chi connectivity index (χ2v) is 6.80. The maximum Gasteiger partial charge on any atom is 0.126 e. The molecule has 0 saturated carbocycles. The number of hydrogen-bond acceptors (Lipinski definition) is 4. The number of para-hydroxylation sites is 2. The summed E-state index contributed by atoms with van der Waals surface area (Å²) in [5, 5.41) is 0. The fourth-order valence-corrected chi connectivity index (χ4v) is 3.81. The third kappa shape index (κ3) is 3.81. The maximum absolute atomic E-state index is 5.70. The highest BCUT2D eigenvalue weighted by Crippen LogP contribution is 2.30. The molecule has 1 aromatic carbocycles. The van der Waals surface area contributed by atoms with Gasteiger partial charge in [0.2, 0.25) is 0 Å². The number of benzene rings is 1. The number of H-pyrrole nitrogens is 1. The number of aromatic amines is 1. The van der Waals surface area contributed by atoms with Crippen molar-refractivity contribution in [1.82, 2.24) is 24.4 Å². The third-order valence-corrected chi connectivity index (χ3v) is 5.05. The van der Waals surface area contributed by atoms with Gasteiger partial charge in [0.1, 0.15) is 11.6 Å². The van der Waals surface area contributed by atoms with Gasteiger partial charge >= 0.3 is 0 Å². The van der Waals surface area contributed by atoms with E-state index in [9.17, 15) is 0 Å². The number of aryl methyl sites for hydroxylation is 1. The summed E-state index contributed by atoms with van der Waals surface area (Å²) in [6.07, 6.45) is 8.53. The van der Waals surface area contributed by atoms with Gasteiger partial charge in [-0.25, -0.2) is 9.97 Å². The number of unbranched alkanes of at least 4 members (excludes halogenated alkanes) is 1. The van der Waals surface area contributed by atoms with Gasteiger partial charge in [0.15, 0.2) is 0 Å². The summed E-state index contributed by atoms with van der Waals surface area (Å²) in [5.74, 6) is 2.22. The molecule has 2 aromatic heterocycles. The number of imidazole rings is 2. The van der Waals surface area contributed by atoms with Gasteiger partial charge in [-0.1, -0.05) is 19.6 Å². The molecule has 0 fully saturated rings. The number of aromatic nitrogens is 4. The van der Waals surface area contributed by atoms with Gasteiger partial charge in [-0.3, -0.25) is 4.90 Å². The molecule has 4 rings (SSSR count). The van der Waals surface area contributed by atoms with Crippen molar-refractivity contribution in [3.63, 3.8) is 0 Å². The van der Waals surface area contributed by atoms with E-state index in [1.54, 1.807) is 0 Å². The van der Waals surface area contributed by atoms with Crippen LogP contribution in [0.4, 0.5) is 0 Å². The van der Waals surface area contributed by atoms with Crippen LogP contribution in [-0.4, -0.2) is 37.5 Å². The van der Waals surface area contributed by atoms with Gasteiger partial charge in [0.25, 0.3) is 0 Å². The fraction of sp³-hybridized carbons (Fsp3) is 0.500. The van der Waals surface area contributed by atoms with Crippen LogP contribution in [0, 0.1) is 0 Å². The second-order valence-electron chi connectivity index (χ2n) is 6.80. The average Bonchev–Trinajstić information content (AvgIpc) is 3.26. The highest BCUT2D eigenvalue weighted by molar-refractivity contribution is 5.74. The molecular formula is C20H30N6. The lowest BCUT2D eigenvalue weighted by atomic mass is 10.0. The summed E-state index contributed by atoms with van der Waals surface area (Å²) < 4.78 is 2.29. The Balaban J connectivity index is 0.00000196. The Morgan fingerprint density at radius 2 is 2.15 bits per heavy atom. The minimum atomic E-state index is 0. The zero-order valence-electron chi connectivity index (χ0n) is 14.6. The summed E-state index contributed by atoms with van der Waals surface area (Å²) in [6.45, 7) is 3.66. The van der Waals surface area contributed by atoms with Crippen molar-refractivity contribution in [3.05, 3.63) is 48.3 Å². The van der Waals surface area contributed by atoms with Crippen LogP contribution in [0.5, 0.6) is 0 Å². The number of fused-ring (bicyclic) bond motifs is 2. The predicted molar refractivity (Wildman–Crippen MR) is 106 cm³/mol. The first kappa shape index (κ1) is 18.6. The van der Waals surface area contributed by atoms with E-state index in [1.807, 2.05) is 18.3 Å². The molecule has 1 aliphatic heterocycles. The Morgan fingerprint density at radius 3 is 3.00 bits per heavy atom. The number of rotatable bonds is 7. The van der Waals surface area contributed by atoms with Gasteiger partial charge in [-0.05, 0) is 50.9 Å². The van der Waals surface area contributed by atoms with Crippen molar-refractivity contribution in [2.75, 3.05) is 13.1 Å². The molecule has 0 saturated heterocycles. The summed E-state index contributed by atoms with van der Waals surface area (Å²) in [7, 11) is 0. The van der Waals surface area contributed by atoms with Crippen LogP contribution in [0.1, 0.15) is 50.8 Å². The van der Waals surface area contributed by atoms with E-state index in [2.05, 4.69) is 37.8 Å². The van der Waals surface area contributed by atoms with Crippen LogP contribution in [0.2, 0.25) is 0 Å². The Morgan fingerprint density at radius 1 is 1.27 bits per heavy atom. The standard InChI is InChI=1S/C19H26N6.CH4/c20-9-3-4-11-25(17-8-5-12-24-13-10-21-19(17)24)14-18-22-15-6-1-2-7-16(15)23-18;/h1-2,6-7,10,13,17H,3-5,8-9,11-12,14,20H2,(H,22,23);1H4. The van der Waals surface area contributed by atoms with Crippen LogP contribution in [0.3, 0.4) is 0 Å². The maximum atomic E-state index is 5.70. The molecule has 140 valence electrons. The molecule has 0 bridgehead atoms. The lowest BCUT2D eigenvalue weighted by Crippen LogP contribution is -2.34. The van der Waals surface area contributed by atoms with Gasteiger partial charge in [0.05, 0.1) is 23.6 Å². The Bertz CT molecular complexity index is 787. The molecule has 6 nitrogen and oxygen atoms in total. The molecular weight excluding hydrogens is 324 g/mol. The molecule has 3 N–H and O–H groups in total. The Labute approximate surface area is 155 Å². The predicted octanol–water partition coefficient (Wildman–Crippen LogP) is 3.47. The minimum Gasteiger partial charge on any atom is -0.341 e. The minimum absolute atomic E-state index is 0. The average molecular weight is 355 g/mol. The molecule has 1 unspecified atom stereocenters. The summed E-state index contributed by atoms with van der Waals surface area (Å²) >= 11 is 0. The fourth-order valence-electron chi connectivity index (χ4n) is 3.81. The molecule has 0 aliphatic carbocycles. The van der Waals surface area contributed by atoms with Crippen LogP contribution in [-0.2, 0) is 13.1 Å². The SMILES string of the molecule is C.NCCCCN(Cc1nc2ccccc2[nH]1)C1CCCn2ccnc21. The Hall–Kier alpha value is -2.18. The van der Waals surface area contributed by atoms with E-state index in [0.717, 1.165) is 62.3 Å². The van der Waals surface area contributed by atoms with Crippen LogP contribution >= 0.6 is 0 Å². The second kappa shape index (κ2) is 8.47. The molecule has 1 atom stereocenters. The zero-order chi connectivity index (χ0) is 17.1. The number of hydrogen-bond donors (Lipinski definition) is 2. The number of nitrogens with zero attached hydrogens (tertiary/aromatic N) is 4. The molecule has 3 aromatic rings. The van der Waals surface area contributed by atoms with E-state index in [4.69, 9.17) is 10.7 Å². The van der Waals surface area contributed by atoms with Gasteiger partial charge in [-0.15, -0.1) is 0 Å². The highest BCUT2D eigenvalue weighted by Gasteiger charge is 2.27. The topological polar surface area (TPSA) is 75.8 Å². The van der Waals surface area contributed by atoms with Crippen molar-refractivity contribution in [1.29, 1.82) is 0 Å². The summed E-state index contributed by atoms with van der Waals surface area (Å²) in [5.41, 5.74) is 7.84. The van der Waals surface area contributed by atoms with E-state index < -0.39 is 0 Å². The quantitative estimate of drug-likeness (QED) is 0.637. The van der Waals surface area contributed by atoms with Crippen molar-refractivity contribution >= 4 is 11.0 Å². The number of nitrogens with one attached hydrogen (secondary N) is 1. The molecule has 3 heterocycles. The molecule has 1 aliphatic rings. The summed E-state index contributed by atoms with van der Waals surface area (Å²) in [4.78, 5) is 15.4. The monoisotopic (exact) mass is 354 g/mol. The Kier molecular flexibility index (Phi) is 6.06. The normalized spacial score (nSPS) is 16.6. The van der Waals surface area contributed by atoms with Gasteiger partial charge in [0, 0.05) is 18.9 Å². The van der Waals surface area contributed by atoms with Crippen molar-refractivity contribution in [2.24, 2.45) is 5.73 Å². The molecule has 6 heteroatoms. The van der Waals surface area contributed by atoms with Crippen LogP contribution < -0.4 is 5.73 Å². The van der Waals surface area contributed by atoms with Crippen LogP contribution in [0.15, 0.2) is 36.7 Å². The smallest absolute Gasteiger partial charge is 0.126 e. The highest BCUT2D eigenvalue weighted by atomic mass is 15.2. The van der Waals surface area contributed by atoms with Gasteiger partial charge in [-0.2, -0.15) is 0 Å². The van der Waals surface area contributed by atoms with E-state index in [0.29, 0.717) is 6.04 Å². The van der Waals surface area contributed by atoms with Crippen LogP contribution in [0.25, 0.3) is 11.0 Å². The summed E-state index contributed by atoms with van der Waals surface area (Å²) in [6, 6.07) is 8.57. The first-order valence-corrected chi connectivity index (χ1v) is 9.24. The van der Waals surface area contributed by atoms with E-state index in [-0.39, 0.29) is 7.43 Å². The van der Waals surface area contributed by atoms with Gasteiger partial charge < -0.3 is 15.3 Å². The molecule has 0 amide bonds. The molecule has 0 radical (unpaired) electrons. The molecule has 0 spiro atoms. The third-order valence-electron chi connectivity index (χ3n) is 5.05. The van der Waals surface area contributed by atoms with Crippen molar-refractivity contribution in [3.8, 4) is 0 Å². The molecule has 26 heavy (non-hydrogen) atoms. The van der Waals surface area contributed by atoms with E-state index in [1.165, 1.54) is 12.2 Å². The van der Waals surface area contributed by atoms with Crippen molar-refractivity contribution in [2.45, 2.75) is 52.2 Å². The zero-order valence-corrected chi connectivity index (χ0v) is 14.6. The number of nitrogens with two attached hydrogens (primary N) is 1. The first-order valence-electron chi connectivity index (χ1n) is 9.24. The van der Waals surface area contributed by atoms with Crippen molar-refractivity contribution < 1.29 is 0 Å². The van der Waals surface area contributed by atoms with E-state index >= 15 is 0 Å². The first-order chi connectivity index (χ1) is 12.3. The largest absolute Gasteiger partial charge is 0.341 e.